The lowest BCUT2D eigenvalue weighted by Crippen LogP contribution is -2.36. The van der Waals surface area contributed by atoms with Gasteiger partial charge < -0.3 is 14.7 Å². The normalized spacial score (nSPS) is 16.1. The van der Waals surface area contributed by atoms with E-state index in [-0.39, 0.29) is 18.0 Å². The molecule has 0 aromatic heterocycles. The van der Waals surface area contributed by atoms with E-state index in [1.807, 2.05) is 18.2 Å². The molecule has 0 aliphatic heterocycles. The van der Waals surface area contributed by atoms with Crippen molar-refractivity contribution in [2.45, 2.75) is 44.8 Å². The molecule has 3 aromatic rings. The minimum Gasteiger partial charge on any atom is -0.497 e. The predicted molar refractivity (Wildman–Crippen MR) is 123 cm³/mol. The summed E-state index contributed by atoms with van der Waals surface area (Å²) in [4.78, 5) is 15.4. The van der Waals surface area contributed by atoms with Gasteiger partial charge in [-0.1, -0.05) is 18.2 Å². The quantitative estimate of drug-likeness (QED) is 0.525. The van der Waals surface area contributed by atoms with E-state index in [0.29, 0.717) is 23.4 Å². The molecule has 0 saturated heterocycles. The minimum atomic E-state index is -0.651. The Morgan fingerprint density at radius 2 is 1.88 bits per heavy atom. The number of carbonyl (C=O) groups is 1. The summed E-state index contributed by atoms with van der Waals surface area (Å²) in [5, 5.41) is 9.84. The smallest absolute Gasteiger partial charge is 0.234 e. The van der Waals surface area contributed by atoms with Crippen molar-refractivity contribution in [2.24, 2.45) is 0 Å². The molecular formula is C27H27F2NO3. The SMILES string of the molecule is COc1ccc2c(c1)C(C(=O)N(Cc1cc(F)ccc1F)c1ccc(C(C)O)cc1)CCC2. The third kappa shape index (κ3) is 4.91. The van der Waals surface area contributed by atoms with E-state index in [9.17, 15) is 18.7 Å². The topological polar surface area (TPSA) is 49.8 Å². The third-order valence-corrected chi connectivity index (χ3v) is 6.25. The number of fused-ring (bicyclic) bond motifs is 1. The number of nitrogens with zero attached hydrogens (tertiary/aromatic N) is 1. The average Bonchev–Trinajstić information content (AvgIpc) is 2.83. The van der Waals surface area contributed by atoms with Crippen molar-refractivity contribution in [3.63, 3.8) is 0 Å². The molecule has 2 atom stereocenters. The van der Waals surface area contributed by atoms with E-state index < -0.39 is 23.7 Å². The van der Waals surface area contributed by atoms with Gasteiger partial charge in [0, 0.05) is 11.3 Å². The molecule has 0 fully saturated rings. The van der Waals surface area contributed by atoms with Crippen LogP contribution < -0.4 is 9.64 Å². The highest BCUT2D eigenvalue weighted by Gasteiger charge is 2.32. The Morgan fingerprint density at radius 1 is 1.12 bits per heavy atom. The molecular weight excluding hydrogens is 424 g/mol. The first-order valence-electron chi connectivity index (χ1n) is 11.1. The van der Waals surface area contributed by atoms with Crippen LogP contribution in [0.1, 0.15) is 54.0 Å². The minimum absolute atomic E-state index is 0.102. The first-order valence-corrected chi connectivity index (χ1v) is 11.1. The Balaban J connectivity index is 1.75. The van der Waals surface area contributed by atoms with Crippen LogP contribution in [0.25, 0.3) is 0 Å². The van der Waals surface area contributed by atoms with E-state index in [1.54, 1.807) is 38.3 Å². The molecule has 1 aliphatic carbocycles. The highest BCUT2D eigenvalue weighted by atomic mass is 19.1. The summed E-state index contributed by atoms with van der Waals surface area (Å²) < 4.78 is 33.7. The molecule has 2 unspecified atom stereocenters. The number of halogens is 2. The van der Waals surface area contributed by atoms with Gasteiger partial charge in [-0.2, -0.15) is 0 Å². The van der Waals surface area contributed by atoms with Gasteiger partial charge in [-0.05, 0) is 85.3 Å². The number of rotatable bonds is 6. The second kappa shape index (κ2) is 9.71. The summed E-state index contributed by atoms with van der Waals surface area (Å²) >= 11 is 0. The zero-order valence-corrected chi connectivity index (χ0v) is 18.7. The maximum absolute atomic E-state index is 14.5. The fraction of sp³-hybridized carbons (Fsp3) is 0.296. The molecule has 4 rings (SSSR count). The molecule has 4 nitrogen and oxygen atoms in total. The molecule has 0 bridgehead atoms. The molecule has 33 heavy (non-hydrogen) atoms. The standard InChI is InChI=1S/C27H27F2NO3/c1-17(31)18-6-10-22(11-7-18)30(16-20-14-21(28)9-13-26(20)29)27(32)24-5-3-4-19-8-12-23(33-2)15-25(19)24/h6-15,17,24,31H,3-5,16H2,1-2H3. The van der Waals surface area contributed by atoms with Gasteiger partial charge in [-0.25, -0.2) is 8.78 Å². The Hall–Kier alpha value is -3.25. The van der Waals surface area contributed by atoms with Crippen LogP contribution in [-0.4, -0.2) is 18.1 Å². The monoisotopic (exact) mass is 451 g/mol. The molecule has 0 heterocycles. The largest absolute Gasteiger partial charge is 0.497 e. The van der Waals surface area contributed by atoms with Gasteiger partial charge in [0.05, 0.1) is 25.7 Å². The molecule has 0 spiro atoms. The summed E-state index contributed by atoms with van der Waals surface area (Å²) in [6, 6.07) is 16.0. The molecule has 3 aromatic carbocycles. The Bertz CT molecular complexity index is 1140. The van der Waals surface area contributed by atoms with Crippen molar-refractivity contribution in [3.05, 3.63) is 94.6 Å². The fourth-order valence-electron chi connectivity index (χ4n) is 4.41. The summed E-state index contributed by atoms with van der Waals surface area (Å²) in [5.41, 5.74) is 3.38. The van der Waals surface area contributed by atoms with Crippen LogP contribution >= 0.6 is 0 Å². The Labute approximate surface area is 192 Å². The van der Waals surface area contributed by atoms with Gasteiger partial charge in [0.2, 0.25) is 5.91 Å². The van der Waals surface area contributed by atoms with Crippen molar-refractivity contribution in [1.82, 2.24) is 0 Å². The molecule has 1 N–H and O–H groups in total. The lowest BCUT2D eigenvalue weighted by atomic mass is 9.81. The molecule has 1 aliphatic rings. The van der Waals surface area contributed by atoms with Gasteiger partial charge in [0.25, 0.3) is 0 Å². The van der Waals surface area contributed by atoms with Gasteiger partial charge in [-0.15, -0.1) is 0 Å². The molecule has 172 valence electrons. The van der Waals surface area contributed by atoms with E-state index in [1.165, 1.54) is 4.90 Å². The number of hydrogen-bond acceptors (Lipinski definition) is 3. The van der Waals surface area contributed by atoms with Crippen LogP contribution in [0.15, 0.2) is 60.7 Å². The van der Waals surface area contributed by atoms with E-state index >= 15 is 0 Å². The summed E-state index contributed by atoms with van der Waals surface area (Å²) in [6.45, 7) is 1.55. The fourth-order valence-corrected chi connectivity index (χ4v) is 4.41. The second-order valence-electron chi connectivity index (χ2n) is 8.44. The first kappa shape index (κ1) is 22.9. The van der Waals surface area contributed by atoms with Crippen molar-refractivity contribution in [2.75, 3.05) is 12.0 Å². The zero-order valence-electron chi connectivity index (χ0n) is 18.7. The number of methoxy groups -OCH3 is 1. The van der Waals surface area contributed by atoms with Crippen LogP contribution in [0, 0.1) is 11.6 Å². The lowest BCUT2D eigenvalue weighted by molar-refractivity contribution is -0.120. The van der Waals surface area contributed by atoms with Crippen molar-refractivity contribution < 1.29 is 23.4 Å². The summed E-state index contributed by atoms with van der Waals surface area (Å²) in [5.74, 6) is -1.05. The van der Waals surface area contributed by atoms with E-state index in [2.05, 4.69) is 0 Å². The van der Waals surface area contributed by atoms with Crippen LogP contribution in [0.2, 0.25) is 0 Å². The number of amides is 1. The van der Waals surface area contributed by atoms with Crippen molar-refractivity contribution in [1.29, 1.82) is 0 Å². The lowest BCUT2D eigenvalue weighted by Gasteiger charge is -2.31. The van der Waals surface area contributed by atoms with Gasteiger partial charge >= 0.3 is 0 Å². The molecule has 6 heteroatoms. The highest BCUT2D eigenvalue weighted by Crippen LogP contribution is 2.37. The highest BCUT2D eigenvalue weighted by molar-refractivity contribution is 5.98. The number of ether oxygens (including phenoxy) is 1. The number of anilines is 1. The van der Waals surface area contributed by atoms with Crippen LogP contribution in [-0.2, 0) is 17.8 Å². The average molecular weight is 452 g/mol. The van der Waals surface area contributed by atoms with E-state index in [0.717, 1.165) is 42.2 Å². The number of aliphatic hydroxyl groups excluding tert-OH is 1. The number of aliphatic hydroxyl groups is 1. The Kier molecular flexibility index (Phi) is 6.75. The maximum atomic E-state index is 14.5. The zero-order chi connectivity index (χ0) is 23.5. The summed E-state index contributed by atoms with van der Waals surface area (Å²) in [6.07, 6.45) is 1.75. The number of aryl methyl sites for hydroxylation is 1. The van der Waals surface area contributed by atoms with Gasteiger partial charge in [0.1, 0.15) is 17.4 Å². The number of carbonyl (C=O) groups excluding carboxylic acids is 1. The molecule has 0 saturated carbocycles. The van der Waals surface area contributed by atoms with E-state index in [4.69, 9.17) is 4.74 Å². The Morgan fingerprint density at radius 3 is 2.58 bits per heavy atom. The molecule has 1 amide bonds. The first-order chi connectivity index (χ1) is 15.9. The number of benzene rings is 3. The maximum Gasteiger partial charge on any atom is 0.234 e. The predicted octanol–water partition coefficient (Wildman–Crippen LogP) is 5.68. The van der Waals surface area contributed by atoms with Gasteiger partial charge in [0.15, 0.2) is 0 Å². The number of hydrogen-bond donors (Lipinski definition) is 1. The van der Waals surface area contributed by atoms with Crippen molar-refractivity contribution in [3.8, 4) is 5.75 Å². The second-order valence-corrected chi connectivity index (χ2v) is 8.44. The summed E-state index contributed by atoms with van der Waals surface area (Å²) in [7, 11) is 1.59. The van der Waals surface area contributed by atoms with Crippen molar-refractivity contribution >= 4 is 11.6 Å². The third-order valence-electron chi connectivity index (χ3n) is 6.25. The molecule has 0 radical (unpaired) electrons. The van der Waals surface area contributed by atoms with Crippen LogP contribution in [0.5, 0.6) is 5.75 Å². The van der Waals surface area contributed by atoms with Crippen LogP contribution in [0.4, 0.5) is 14.5 Å². The van der Waals surface area contributed by atoms with Crippen LogP contribution in [0.3, 0.4) is 0 Å². The van der Waals surface area contributed by atoms with Gasteiger partial charge in [-0.3, -0.25) is 4.79 Å².